The highest BCUT2D eigenvalue weighted by molar-refractivity contribution is 6.33. The summed E-state index contributed by atoms with van der Waals surface area (Å²) >= 11 is 6.25. The molecule has 0 aliphatic carbocycles. The first-order valence-corrected chi connectivity index (χ1v) is 8.75. The van der Waals surface area contributed by atoms with Crippen LogP contribution in [0.25, 0.3) is 11.0 Å². The Kier molecular flexibility index (Phi) is 5.46. The maximum absolute atomic E-state index is 12.5. The molecule has 0 bridgehead atoms. The van der Waals surface area contributed by atoms with Crippen LogP contribution < -0.4 is 10.4 Å². The van der Waals surface area contributed by atoms with Crippen molar-refractivity contribution in [1.29, 1.82) is 0 Å². The van der Waals surface area contributed by atoms with Crippen LogP contribution in [0.1, 0.15) is 16.7 Å². The zero-order valence-electron chi connectivity index (χ0n) is 15.5. The van der Waals surface area contributed by atoms with Crippen molar-refractivity contribution in [2.24, 2.45) is 5.18 Å². The number of hydrogen-bond acceptors (Lipinski definition) is 6. The topological polar surface area (TPSA) is 89.2 Å². The predicted molar refractivity (Wildman–Crippen MR) is 107 cm³/mol. The number of halogens is 1. The van der Waals surface area contributed by atoms with E-state index in [-0.39, 0.29) is 28.5 Å². The molecule has 0 radical (unpaired) electrons. The van der Waals surface area contributed by atoms with Crippen molar-refractivity contribution >= 4 is 34.4 Å². The van der Waals surface area contributed by atoms with E-state index < -0.39 is 11.7 Å². The SMILES string of the molecule is Cc1c(Cc2cccc(N=O)c2)c(=O)oc2cc(OC(=O)N(C)C)c(Cl)cc12. The molecule has 7 nitrogen and oxygen atoms in total. The maximum atomic E-state index is 12.5. The number of amides is 1. The lowest BCUT2D eigenvalue weighted by atomic mass is 9.99. The molecule has 0 aliphatic rings. The molecule has 0 atom stereocenters. The summed E-state index contributed by atoms with van der Waals surface area (Å²) in [6.07, 6.45) is -0.316. The summed E-state index contributed by atoms with van der Waals surface area (Å²) in [5.41, 5.74) is 1.94. The van der Waals surface area contributed by atoms with E-state index in [9.17, 15) is 14.5 Å². The molecule has 3 rings (SSSR count). The first-order valence-electron chi connectivity index (χ1n) is 8.37. The van der Waals surface area contributed by atoms with Crippen LogP contribution in [0.15, 0.2) is 50.8 Å². The molecular formula is C20H17ClN2O5. The number of ether oxygens (including phenoxy) is 1. The summed E-state index contributed by atoms with van der Waals surface area (Å²) < 4.78 is 10.6. The zero-order chi connectivity index (χ0) is 20.4. The highest BCUT2D eigenvalue weighted by Crippen LogP contribution is 2.32. The number of fused-ring (bicyclic) bond motifs is 1. The van der Waals surface area contributed by atoms with Gasteiger partial charge in [0.25, 0.3) is 0 Å². The molecule has 28 heavy (non-hydrogen) atoms. The monoisotopic (exact) mass is 400 g/mol. The maximum Gasteiger partial charge on any atom is 0.414 e. The third-order valence-corrected chi connectivity index (χ3v) is 4.59. The van der Waals surface area contributed by atoms with Crippen molar-refractivity contribution in [3.63, 3.8) is 0 Å². The molecule has 1 heterocycles. The highest BCUT2D eigenvalue weighted by Gasteiger charge is 2.17. The van der Waals surface area contributed by atoms with Gasteiger partial charge in [0.05, 0.1) is 5.02 Å². The van der Waals surface area contributed by atoms with Gasteiger partial charge in [-0.2, -0.15) is 0 Å². The minimum absolute atomic E-state index is 0.105. The van der Waals surface area contributed by atoms with Gasteiger partial charge in [0.1, 0.15) is 11.3 Å². The van der Waals surface area contributed by atoms with Gasteiger partial charge in [0.2, 0.25) is 0 Å². The van der Waals surface area contributed by atoms with Gasteiger partial charge >= 0.3 is 11.7 Å². The molecule has 0 saturated heterocycles. The number of nitroso groups, excluding NO2 is 1. The number of carbonyl (C=O) groups excluding carboxylic acids is 1. The fourth-order valence-electron chi connectivity index (χ4n) is 2.79. The molecule has 1 aromatic heterocycles. The Bertz CT molecular complexity index is 1140. The molecule has 3 aromatic rings. The Hall–Kier alpha value is -3.19. The Balaban J connectivity index is 2.06. The van der Waals surface area contributed by atoms with Gasteiger partial charge in [-0.25, -0.2) is 9.59 Å². The van der Waals surface area contributed by atoms with Crippen LogP contribution in [0.4, 0.5) is 10.5 Å². The van der Waals surface area contributed by atoms with E-state index in [1.807, 2.05) is 0 Å². The quantitative estimate of drug-likeness (QED) is 0.463. The predicted octanol–water partition coefficient (Wildman–Crippen LogP) is 4.80. The number of aryl methyl sites for hydroxylation is 1. The smallest absolute Gasteiger partial charge is 0.414 e. The van der Waals surface area contributed by atoms with Crippen molar-refractivity contribution < 1.29 is 13.9 Å². The van der Waals surface area contributed by atoms with Crippen LogP contribution in [-0.4, -0.2) is 25.1 Å². The Morgan fingerprint density at radius 2 is 2.00 bits per heavy atom. The Morgan fingerprint density at radius 1 is 1.25 bits per heavy atom. The lowest BCUT2D eigenvalue weighted by Gasteiger charge is -2.13. The van der Waals surface area contributed by atoms with Crippen LogP contribution in [-0.2, 0) is 6.42 Å². The van der Waals surface area contributed by atoms with Crippen molar-refractivity contribution in [2.75, 3.05) is 14.1 Å². The molecule has 2 aromatic carbocycles. The van der Waals surface area contributed by atoms with Gasteiger partial charge < -0.3 is 14.1 Å². The van der Waals surface area contributed by atoms with E-state index in [2.05, 4.69) is 5.18 Å². The first kappa shape index (κ1) is 19.6. The van der Waals surface area contributed by atoms with Crippen LogP contribution in [0, 0.1) is 11.8 Å². The molecule has 144 valence electrons. The van der Waals surface area contributed by atoms with Gasteiger partial charge in [-0.15, -0.1) is 4.91 Å². The van der Waals surface area contributed by atoms with Crippen molar-refractivity contribution in [1.82, 2.24) is 4.90 Å². The van der Waals surface area contributed by atoms with Crippen molar-refractivity contribution in [3.8, 4) is 5.75 Å². The largest absolute Gasteiger partial charge is 0.422 e. The van der Waals surface area contributed by atoms with E-state index in [1.165, 1.54) is 11.0 Å². The summed E-state index contributed by atoms with van der Waals surface area (Å²) in [7, 11) is 3.09. The number of carbonyl (C=O) groups is 1. The van der Waals surface area contributed by atoms with E-state index in [0.29, 0.717) is 16.5 Å². The van der Waals surface area contributed by atoms with E-state index in [4.69, 9.17) is 20.8 Å². The number of hydrogen-bond donors (Lipinski definition) is 0. The van der Waals surface area contributed by atoms with E-state index in [0.717, 1.165) is 5.56 Å². The molecule has 0 saturated carbocycles. The molecule has 0 fully saturated rings. The second-order valence-corrected chi connectivity index (χ2v) is 6.88. The summed E-state index contributed by atoms with van der Waals surface area (Å²) in [4.78, 5) is 36.3. The van der Waals surface area contributed by atoms with E-state index in [1.54, 1.807) is 51.4 Å². The fraction of sp³-hybridized carbons (Fsp3) is 0.200. The second kappa shape index (κ2) is 7.82. The summed E-state index contributed by atoms with van der Waals surface area (Å²) in [5, 5.41) is 3.76. The van der Waals surface area contributed by atoms with Crippen LogP contribution >= 0.6 is 11.6 Å². The van der Waals surface area contributed by atoms with Gasteiger partial charge in [-0.1, -0.05) is 23.7 Å². The molecule has 0 aliphatic heterocycles. The summed E-state index contributed by atoms with van der Waals surface area (Å²) in [5.74, 6) is 0.105. The molecule has 1 amide bonds. The lowest BCUT2D eigenvalue weighted by molar-refractivity contribution is 0.172. The summed E-state index contributed by atoms with van der Waals surface area (Å²) in [6, 6.07) is 9.73. The van der Waals surface area contributed by atoms with Crippen molar-refractivity contribution in [2.45, 2.75) is 13.3 Å². The molecule has 0 spiro atoms. The second-order valence-electron chi connectivity index (χ2n) is 6.47. The standard InChI is InChI=1S/C20H17ClN2O5/c1-11-14-9-16(21)18(28-20(25)23(2)3)10-17(14)27-19(24)15(11)8-12-5-4-6-13(7-12)22-26/h4-7,9-10H,8H2,1-3H3. The zero-order valence-corrected chi connectivity index (χ0v) is 16.2. The first-order chi connectivity index (χ1) is 13.3. The van der Waals surface area contributed by atoms with Crippen LogP contribution in [0.2, 0.25) is 5.02 Å². The van der Waals surface area contributed by atoms with Gasteiger partial charge in [0.15, 0.2) is 5.75 Å². The highest BCUT2D eigenvalue weighted by atomic mass is 35.5. The third-order valence-electron chi connectivity index (χ3n) is 4.30. The van der Waals surface area contributed by atoms with Crippen LogP contribution in [0.5, 0.6) is 5.75 Å². The molecular weight excluding hydrogens is 384 g/mol. The molecule has 8 heteroatoms. The Morgan fingerprint density at radius 3 is 2.68 bits per heavy atom. The molecule has 0 unspecified atom stereocenters. The van der Waals surface area contributed by atoms with Gasteiger partial charge in [-0.05, 0) is 41.4 Å². The fourth-order valence-corrected chi connectivity index (χ4v) is 2.99. The lowest BCUT2D eigenvalue weighted by Crippen LogP contribution is -2.25. The van der Waals surface area contributed by atoms with E-state index >= 15 is 0 Å². The number of nitrogens with zero attached hydrogens (tertiary/aromatic N) is 2. The average Bonchev–Trinajstić information content (AvgIpc) is 2.66. The number of rotatable bonds is 4. The molecule has 0 N–H and O–H groups in total. The number of benzene rings is 2. The summed E-state index contributed by atoms with van der Waals surface area (Å²) in [6.45, 7) is 1.79. The minimum Gasteiger partial charge on any atom is -0.422 e. The third kappa shape index (κ3) is 3.89. The Labute approximate surface area is 165 Å². The minimum atomic E-state index is -0.597. The van der Waals surface area contributed by atoms with Crippen molar-refractivity contribution in [3.05, 3.63) is 73.4 Å². The average molecular weight is 401 g/mol. The van der Waals surface area contributed by atoms with Crippen LogP contribution in [0.3, 0.4) is 0 Å². The van der Waals surface area contributed by atoms with Gasteiger partial charge in [0, 0.05) is 37.5 Å². The van der Waals surface area contributed by atoms with Gasteiger partial charge in [-0.3, -0.25) is 0 Å². The normalized spacial score (nSPS) is 10.7.